The zero-order valence-corrected chi connectivity index (χ0v) is 22.6. The Hall–Kier alpha value is -3.27. The quantitative estimate of drug-likeness (QED) is 0.278. The van der Waals surface area contributed by atoms with E-state index in [-0.39, 0.29) is 18.4 Å². The van der Waals surface area contributed by atoms with E-state index in [2.05, 4.69) is 36.4 Å². The third kappa shape index (κ3) is 5.84. The van der Waals surface area contributed by atoms with Crippen LogP contribution in [-0.4, -0.2) is 59.1 Å². The fourth-order valence-electron chi connectivity index (χ4n) is 4.55. The Kier molecular flexibility index (Phi) is 8.26. The highest BCUT2D eigenvalue weighted by Crippen LogP contribution is 2.37. The first-order valence-electron chi connectivity index (χ1n) is 12.2. The van der Waals surface area contributed by atoms with Crippen LogP contribution in [0.2, 0.25) is 0 Å². The van der Waals surface area contributed by atoms with Gasteiger partial charge in [-0.25, -0.2) is 4.39 Å². The number of nitrogens with one attached hydrogen (secondary N) is 3. The molecule has 3 aromatic rings. The monoisotopic (exact) mass is 568 g/mol. The van der Waals surface area contributed by atoms with Crippen molar-refractivity contribution in [2.45, 2.75) is 26.9 Å². The fourth-order valence-corrected chi connectivity index (χ4v) is 4.81. The predicted molar refractivity (Wildman–Crippen MR) is 148 cm³/mol. The molecule has 0 aliphatic carbocycles. The molecule has 37 heavy (non-hydrogen) atoms. The second-order valence-electron chi connectivity index (χ2n) is 8.97. The number of carbonyl (C=O) groups is 2. The van der Waals surface area contributed by atoms with Crippen LogP contribution >= 0.6 is 15.9 Å². The van der Waals surface area contributed by atoms with Crippen molar-refractivity contribution < 1.29 is 19.1 Å². The van der Waals surface area contributed by atoms with E-state index in [1.165, 1.54) is 18.2 Å². The Bertz CT molecular complexity index is 1350. The Morgan fingerprint density at radius 2 is 1.89 bits per heavy atom. The van der Waals surface area contributed by atoms with Crippen LogP contribution in [0.4, 0.5) is 10.1 Å². The van der Waals surface area contributed by atoms with Gasteiger partial charge in [-0.1, -0.05) is 41.9 Å². The minimum Gasteiger partial charge on any atom is -0.390 e. The Labute approximate surface area is 223 Å². The number of aliphatic hydroxyl groups excluding tert-OH is 1. The number of carbonyl (C=O) groups excluding carboxylic acids is 2. The third-order valence-electron chi connectivity index (χ3n) is 6.49. The number of hydrogen-bond donors (Lipinski definition) is 4. The lowest BCUT2D eigenvalue weighted by molar-refractivity contribution is -0.110. The summed E-state index contributed by atoms with van der Waals surface area (Å²) >= 11 is 3.45. The maximum atomic E-state index is 14.0. The van der Waals surface area contributed by atoms with E-state index in [4.69, 9.17) is 0 Å². The van der Waals surface area contributed by atoms with Gasteiger partial charge in [-0.05, 0) is 62.0 Å². The smallest absolute Gasteiger partial charge is 0.256 e. The first-order chi connectivity index (χ1) is 17.7. The maximum absolute atomic E-state index is 14.0. The van der Waals surface area contributed by atoms with Gasteiger partial charge in [-0.3, -0.25) is 9.59 Å². The number of benzene rings is 2. The van der Waals surface area contributed by atoms with Gasteiger partial charge in [0.1, 0.15) is 5.82 Å². The van der Waals surface area contributed by atoms with Crippen LogP contribution in [0.5, 0.6) is 0 Å². The topological polar surface area (TPSA) is 97.5 Å². The summed E-state index contributed by atoms with van der Waals surface area (Å²) in [7, 11) is 0. The number of H-pyrrole nitrogens is 1. The molecule has 2 amide bonds. The fraction of sp³-hybridized carbons (Fsp3) is 0.286. The van der Waals surface area contributed by atoms with E-state index in [0.29, 0.717) is 45.9 Å². The lowest BCUT2D eigenvalue weighted by Crippen LogP contribution is -2.40. The number of aryl methyl sites for hydroxylation is 1. The number of likely N-dealkylation sites (N-methyl/N-ethyl adjacent to an activating group) is 1. The molecule has 4 rings (SSSR count). The Morgan fingerprint density at radius 3 is 2.57 bits per heavy atom. The number of fused-ring (bicyclic) bond motifs is 1. The summed E-state index contributed by atoms with van der Waals surface area (Å²) in [6, 6.07) is 11.6. The number of aliphatic hydroxyl groups is 1. The number of halogens is 2. The number of amides is 2. The zero-order chi connectivity index (χ0) is 26.7. The van der Waals surface area contributed by atoms with Crippen molar-refractivity contribution in [1.82, 2.24) is 15.2 Å². The molecule has 2 heterocycles. The van der Waals surface area contributed by atoms with Crippen molar-refractivity contribution in [1.29, 1.82) is 0 Å². The lowest BCUT2D eigenvalue weighted by Gasteiger charge is -2.22. The summed E-state index contributed by atoms with van der Waals surface area (Å²) in [4.78, 5) is 31.5. The lowest BCUT2D eigenvalue weighted by atomic mass is 9.97. The van der Waals surface area contributed by atoms with Crippen LogP contribution in [0, 0.1) is 12.7 Å². The summed E-state index contributed by atoms with van der Waals surface area (Å²) in [5.41, 5.74) is 4.26. The van der Waals surface area contributed by atoms with Gasteiger partial charge in [0.15, 0.2) is 0 Å². The van der Waals surface area contributed by atoms with Crippen LogP contribution in [0.25, 0.3) is 22.8 Å². The minimum absolute atomic E-state index is 0.102. The highest BCUT2D eigenvalue weighted by Gasteiger charge is 2.27. The van der Waals surface area contributed by atoms with Crippen LogP contribution < -0.4 is 10.6 Å². The molecule has 1 aliphatic heterocycles. The summed E-state index contributed by atoms with van der Waals surface area (Å²) in [5, 5.41) is 16.1. The van der Waals surface area contributed by atoms with Gasteiger partial charge < -0.3 is 25.6 Å². The van der Waals surface area contributed by atoms with Crippen molar-refractivity contribution in [3.05, 3.63) is 75.3 Å². The normalized spacial score (nSPS) is 14.7. The van der Waals surface area contributed by atoms with Gasteiger partial charge in [-0.15, -0.1) is 0 Å². The zero-order valence-electron chi connectivity index (χ0n) is 21.0. The van der Waals surface area contributed by atoms with Gasteiger partial charge in [0.25, 0.3) is 11.8 Å². The van der Waals surface area contributed by atoms with Crippen molar-refractivity contribution in [2.24, 2.45) is 0 Å². The van der Waals surface area contributed by atoms with Crippen LogP contribution in [0.15, 0.2) is 46.9 Å². The summed E-state index contributed by atoms with van der Waals surface area (Å²) < 4.78 is 14.9. The molecule has 0 radical (unpaired) electrons. The van der Waals surface area contributed by atoms with Crippen molar-refractivity contribution in [2.75, 3.05) is 31.5 Å². The molecule has 1 aliphatic rings. The van der Waals surface area contributed by atoms with Crippen molar-refractivity contribution >= 4 is 45.1 Å². The van der Waals surface area contributed by atoms with Crippen LogP contribution in [-0.2, 0) is 4.79 Å². The highest BCUT2D eigenvalue weighted by atomic mass is 79.9. The van der Waals surface area contributed by atoms with E-state index >= 15 is 0 Å². The molecule has 1 unspecified atom stereocenters. The minimum atomic E-state index is -0.714. The van der Waals surface area contributed by atoms with E-state index in [9.17, 15) is 19.1 Å². The first-order valence-corrected chi connectivity index (χ1v) is 13.0. The third-order valence-corrected chi connectivity index (χ3v) is 7.02. The van der Waals surface area contributed by atoms with Gasteiger partial charge in [0.2, 0.25) is 0 Å². The Balaban J connectivity index is 1.73. The standard InChI is InChI=1S/C28H30BrFN4O3/c1-4-34(5-2)15-20(35)14-31-28(37)25-16(3)32-24(26(25)17-6-8-18(29)9-7-17)13-22-21-12-19(30)10-11-23(21)33-27(22)36/h6-13,20,32,35H,4-5,14-15H2,1-3H3,(H,31,37)(H,33,36)/b22-13-. The Morgan fingerprint density at radius 1 is 1.19 bits per heavy atom. The van der Waals surface area contributed by atoms with Gasteiger partial charge >= 0.3 is 0 Å². The molecule has 0 saturated heterocycles. The highest BCUT2D eigenvalue weighted by molar-refractivity contribution is 9.10. The second-order valence-corrected chi connectivity index (χ2v) is 9.89. The molecule has 1 aromatic heterocycles. The van der Waals surface area contributed by atoms with E-state index in [1.54, 1.807) is 13.0 Å². The summed E-state index contributed by atoms with van der Waals surface area (Å²) in [6.45, 7) is 8.02. The summed E-state index contributed by atoms with van der Waals surface area (Å²) in [6.07, 6.45) is 0.936. The van der Waals surface area contributed by atoms with Gasteiger partial charge in [-0.2, -0.15) is 0 Å². The molecule has 1 atom stereocenters. The average molecular weight is 569 g/mol. The number of hydrogen-bond acceptors (Lipinski definition) is 4. The molecule has 2 aromatic carbocycles. The largest absolute Gasteiger partial charge is 0.390 e. The molecule has 194 valence electrons. The van der Waals surface area contributed by atoms with E-state index in [1.807, 2.05) is 38.1 Å². The van der Waals surface area contributed by atoms with Gasteiger partial charge in [0.05, 0.1) is 17.2 Å². The molecule has 9 heteroatoms. The molecule has 0 spiro atoms. The number of nitrogens with zero attached hydrogens (tertiary/aromatic N) is 1. The molecule has 4 N–H and O–H groups in total. The first kappa shape index (κ1) is 26.8. The van der Waals surface area contributed by atoms with Crippen molar-refractivity contribution in [3.8, 4) is 11.1 Å². The van der Waals surface area contributed by atoms with E-state index in [0.717, 1.165) is 23.1 Å². The molecular formula is C28H30BrFN4O3. The average Bonchev–Trinajstić information content (AvgIpc) is 3.37. The SMILES string of the molecule is CCN(CC)CC(O)CNC(=O)c1c(C)[nH]c(/C=C2\C(=O)Nc3ccc(F)cc32)c1-c1ccc(Br)cc1. The molecular weight excluding hydrogens is 539 g/mol. The number of aromatic nitrogens is 1. The van der Waals surface area contributed by atoms with Crippen molar-refractivity contribution in [3.63, 3.8) is 0 Å². The number of anilines is 1. The maximum Gasteiger partial charge on any atom is 0.256 e. The molecule has 7 nitrogen and oxygen atoms in total. The molecule has 0 bridgehead atoms. The molecule has 0 saturated carbocycles. The number of rotatable bonds is 9. The van der Waals surface area contributed by atoms with Crippen LogP contribution in [0.3, 0.4) is 0 Å². The summed E-state index contributed by atoms with van der Waals surface area (Å²) in [5.74, 6) is -1.13. The molecule has 0 fully saturated rings. The van der Waals surface area contributed by atoms with Gasteiger partial charge in [0, 0.05) is 45.8 Å². The van der Waals surface area contributed by atoms with Crippen LogP contribution in [0.1, 0.15) is 41.2 Å². The number of aromatic amines is 1. The van der Waals surface area contributed by atoms with E-state index < -0.39 is 11.9 Å². The second kappa shape index (κ2) is 11.4. The predicted octanol–water partition coefficient (Wildman–Crippen LogP) is 4.82.